The van der Waals surface area contributed by atoms with E-state index in [0.717, 1.165) is 29.7 Å². The van der Waals surface area contributed by atoms with Gasteiger partial charge in [0, 0.05) is 0 Å². The number of anilines is 1. The molecule has 0 saturated heterocycles. The van der Waals surface area contributed by atoms with Crippen LogP contribution in [-0.2, 0) is 6.42 Å². The first-order valence-corrected chi connectivity index (χ1v) is 5.89. The minimum atomic E-state index is -0.491. The lowest BCUT2D eigenvalue weighted by atomic mass is 10.1. The number of pyridine rings is 1. The topological polar surface area (TPSA) is 24.9 Å². The van der Waals surface area contributed by atoms with E-state index in [1.165, 1.54) is 18.3 Å². The maximum absolute atomic E-state index is 13.1. The highest BCUT2D eigenvalue weighted by Crippen LogP contribution is 2.33. The number of aromatic nitrogens is 1. The third-order valence-corrected chi connectivity index (χ3v) is 3.25. The molecular formula is C14H12F2N2. The molecule has 1 atom stereocenters. The van der Waals surface area contributed by atoms with Crippen molar-refractivity contribution >= 4 is 5.69 Å². The fourth-order valence-electron chi connectivity index (χ4n) is 2.40. The van der Waals surface area contributed by atoms with Gasteiger partial charge in [-0.3, -0.25) is 0 Å². The predicted octanol–water partition coefficient (Wildman–Crippen LogP) is 3.46. The second kappa shape index (κ2) is 4.37. The molecule has 0 aliphatic heterocycles. The van der Waals surface area contributed by atoms with Crippen molar-refractivity contribution in [3.63, 3.8) is 0 Å². The van der Waals surface area contributed by atoms with Crippen molar-refractivity contribution in [2.45, 2.75) is 18.9 Å². The molecule has 0 amide bonds. The van der Waals surface area contributed by atoms with Gasteiger partial charge in [-0.25, -0.2) is 9.37 Å². The monoisotopic (exact) mass is 246 g/mol. The Kier molecular flexibility index (Phi) is 2.70. The molecule has 18 heavy (non-hydrogen) atoms. The van der Waals surface area contributed by atoms with Gasteiger partial charge in [0.25, 0.3) is 0 Å². The van der Waals surface area contributed by atoms with Crippen LogP contribution < -0.4 is 5.32 Å². The zero-order chi connectivity index (χ0) is 12.5. The molecule has 0 bridgehead atoms. The first kappa shape index (κ1) is 11.1. The van der Waals surface area contributed by atoms with Gasteiger partial charge in [0.15, 0.2) is 0 Å². The Balaban J connectivity index is 1.82. The summed E-state index contributed by atoms with van der Waals surface area (Å²) in [4.78, 5) is 3.60. The number of rotatable bonds is 2. The summed E-state index contributed by atoms with van der Waals surface area (Å²) < 4.78 is 25.8. The Morgan fingerprint density at radius 1 is 1.17 bits per heavy atom. The maximum atomic E-state index is 13.1. The van der Waals surface area contributed by atoms with E-state index in [1.807, 2.05) is 6.07 Å². The van der Waals surface area contributed by atoms with Gasteiger partial charge in [-0.05, 0) is 48.2 Å². The van der Waals surface area contributed by atoms with Crippen LogP contribution in [0.3, 0.4) is 0 Å². The molecule has 0 spiro atoms. The molecule has 1 aromatic heterocycles. The number of nitrogens with zero attached hydrogens (tertiary/aromatic N) is 1. The summed E-state index contributed by atoms with van der Waals surface area (Å²) in [5.41, 5.74) is 2.93. The molecule has 2 nitrogen and oxygen atoms in total. The molecule has 2 aromatic rings. The van der Waals surface area contributed by atoms with Crippen molar-refractivity contribution < 1.29 is 8.78 Å². The molecule has 1 unspecified atom stereocenters. The smallest absolute Gasteiger partial charge is 0.212 e. The van der Waals surface area contributed by atoms with Crippen LogP contribution in [0.5, 0.6) is 0 Å². The van der Waals surface area contributed by atoms with Gasteiger partial charge >= 0.3 is 0 Å². The molecule has 0 fully saturated rings. The van der Waals surface area contributed by atoms with Gasteiger partial charge in [-0.2, -0.15) is 4.39 Å². The summed E-state index contributed by atoms with van der Waals surface area (Å²) in [5, 5.41) is 3.29. The molecule has 1 N–H and O–H groups in total. The third kappa shape index (κ3) is 2.06. The molecule has 0 radical (unpaired) electrons. The third-order valence-electron chi connectivity index (χ3n) is 3.25. The van der Waals surface area contributed by atoms with Crippen LogP contribution >= 0.6 is 0 Å². The summed E-state index contributed by atoms with van der Waals surface area (Å²) in [6, 6.07) is 7.99. The number of fused-ring (bicyclic) bond motifs is 1. The zero-order valence-electron chi connectivity index (χ0n) is 9.66. The molecule has 1 aliphatic rings. The molecular weight excluding hydrogens is 234 g/mol. The second-order valence-electron chi connectivity index (χ2n) is 4.45. The van der Waals surface area contributed by atoms with Gasteiger partial charge in [0.2, 0.25) is 5.95 Å². The minimum Gasteiger partial charge on any atom is -0.377 e. The van der Waals surface area contributed by atoms with Gasteiger partial charge in [0.1, 0.15) is 5.82 Å². The standard InChI is InChI=1S/C14H12F2N2/c15-10-2-4-12-9(7-10)1-5-13(12)18-11-3-6-14(16)17-8-11/h2-4,6-8,13,18H,1,5H2. The normalized spacial score (nSPS) is 17.6. The van der Waals surface area contributed by atoms with E-state index in [9.17, 15) is 8.78 Å². The van der Waals surface area contributed by atoms with Crippen LogP contribution in [0.1, 0.15) is 23.6 Å². The maximum Gasteiger partial charge on any atom is 0.212 e. The molecule has 3 rings (SSSR count). The number of hydrogen-bond acceptors (Lipinski definition) is 2. The summed E-state index contributed by atoms with van der Waals surface area (Å²) in [7, 11) is 0. The van der Waals surface area contributed by atoms with E-state index >= 15 is 0 Å². The average molecular weight is 246 g/mol. The van der Waals surface area contributed by atoms with Gasteiger partial charge in [-0.1, -0.05) is 6.07 Å². The number of nitrogens with one attached hydrogen (secondary N) is 1. The van der Waals surface area contributed by atoms with E-state index in [0.29, 0.717) is 0 Å². The summed E-state index contributed by atoms with van der Waals surface area (Å²) >= 11 is 0. The highest BCUT2D eigenvalue weighted by Gasteiger charge is 2.22. The predicted molar refractivity (Wildman–Crippen MR) is 65.3 cm³/mol. The van der Waals surface area contributed by atoms with Gasteiger partial charge < -0.3 is 5.32 Å². The Hall–Kier alpha value is -1.97. The molecule has 92 valence electrons. The highest BCUT2D eigenvalue weighted by molar-refractivity contribution is 5.46. The van der Waals surface area contributed by atoms with Gasteiger partial charge in [0.05, 0.1) is 17.9 Å². The molecule has 4 heteroatoms. The average Bonchev–Trinajstić information content (AvgIpc) is 2.74. The number of hydrogen-bond donors (Lipinski definition) is 1. The first-order valence-electron chi connectivity index (χ1n) is 5.89. The Morgan fingerprint density at radius 3 is 2.83 bits per heavy atom. The summed E-state index contributed by atoms with van der Waals surface area (Å²) in [6.07, 6.45) is 3.24. The fraction of sp³-hybridized carbons (Fsp3) is 0.214. The van der Waals surface area contributed by atoms with Crippen molar-refractivity contribution in [1.29, 1.82) is 0 Å². The van der Waals surface area contributed by atoms with Crippen LogP contribution in [0, 0.1) is 11.8 Å². The van der Waals surface area contributed by atoms with Crippen molar-refractivity contribution in [2.75, 3.05) is 5.32 Å². The molecule has 1 aromatic carbocycles. The largest absolute Gasteiger partial charge is 0.377 e. The quantitative estimate of drug-likeness (QED) is 0.821. The lowest BCUT2D eigenvalue weighted by molar-refractivity contribution is 0.583. The zero-order valence-corrected chi connectivity index (χ0v) is 9.66. The Morgan fingerprint density at radius 2 is 2.06 bits per heavy atom. The first-order chi connectivity index (χ1) is 8.72. The minimum absolute atomic E-state index is 0.146. The van der Waals surface area contributed by atoms with Crippen LogP contribution in [0.2, 0.25) is 0 Å². The van der Waals surface area contributed by atoms with E-state index in [-0.39, 0.29) is 11.9 Å². The fourth-order valence-corrected chi connectivity index (χ4v) is 2.40. The lowest BCUT2D eigenvalue weighted by Crippen LogP contribution is -2.07. The number of benzene rings is 1. The molecule has 0 saturated carbocycles. The van der Waals surface area contributed by atoms with E-state index < -0.39 is 5.95 Å². The van der Waals surface area contributed by atoms with Gasteiger partial charge in [-0.15, -0.1) is 0 Å². The van der Waals surface area contributed by atoms with Crippen molar-refractivity contribution in [3.8, 4) is 0 Å². The van der Waals surface area contributed by atoms with E-state index in [4.69, 9.17) is 0 Å². The van der Waals surface area contributed by atoms with Crippen LogP contribution in [0.15, 0.2) is 36.5 Å². The van der Waals surface area contributed by atoms with Crippen LogP contribution in [0.25, 0.3) is 0 Å². The summed E-state index contributed by atoms with van der Waals surface area (Å²) in [5.74, 6) is -0.688. The van der Waals surface area contributed by atoms with E-state index in [1.54, 1.807) is 12.1 Å². The summed E-state index contributed by atoms with van der Waals surface area (Å²) in [6.45, 7) is 0. The van der Waals surface area contributed by atoms with Crippen LogP contribution in [0.4, 0.5) is 14.5 Å². The van der Waals surface area contributed by atoms with E-state index in [2.05, 4.69) is 10.3 Å². The number of aryl methyl sites for hydroxylation is 1. The highest BCUT2D eigenvalue weighted by atomic mass is 19.1. The SMILES string of the molecule is Fc1ccc2c(c1)CCC2Nc1ccc(F)nc1. The van der Waals surface area contributed by atoms with Crippen LogP contribution in [-0.4, -0.2) is 4.98 Å². The molecule has 1 aliphatic carbocycles. The molecule has 1 heterocycles. The van der Waals surface area contributed by atoms with Crippen molar-refractivity contribution in [3.05, 3.63) is 59.4 Å². The number of halogens is 2. The Bertz CT molecular complexity index is 567. The van der Waals surface area contributed by atoms with Crippen molar-refractivity contribution in [1.82, 2.24) is 4.98 Å². The second-order valence-corrected chi connectivity index (χ2v) is 4.45. The van der Waals surface area contributed by atoms with Crippen molar-refractivity contribution in [2.24, 2.45) is 0 Å². The Labute approximate surface area is 104 Å². The lowest BCUT2D eigenvalue weighted by Gasteiger charge is -2.15.